The Hall–Kier alpha value is -3.21. The summed E-state index contributed by atoms with van der Waals surface area (Å²) in [7, 11) is 0. The van der Waals surface area contributed by atoms with Crippen molar-refractivity contribution < 1.29 is 18.7 Å². The molecule has 1 unspecified atom stereocenters. The zero-order chi connectivity index (χ0) is 23.4. The Kier molecular flexibility index (Phi) is 7.29. The van der Waals surface area contributed by atoms with Crippen molar-refractivity contribution >= 4 is 22.5 Å². The van der Waals surface area contributed by atoms with Crippen molar-refractivity contribution in [1.82, 2.24) is 0 Å². The maximum Gasteiger partial charge on any atom is 0.336 e. The molecule has 0 aliphatic heterocycles. The highest BCUT2D eigenvalue weighted by atomic mass is 16.5. The highest BCUT2D eigenvalue weighted by molar-refractivity contribution is 5.95. The molecule has 3 aromatic rings. The number of carbonyl (C=O) groups excluding carboxylic acids is 2. The molecule has 0 saturated carbocycles. The van der Waals surface area contributed by atoms with Crippen LogP contribution < -0.4 is 10.4 Å². The average molecular weight is 435 g/mol. The number of rotatable bonds is 9. The molecule has 0 aliphatic rings. The number of carbonyl (C=O) groups is 2. The Morgan fingerprint density at radius 3 is 2.50 bits per heavy atom. The molecule has 1 heterocycles. The van der Waals surface area contributed by atoms with Crippen LogP contribution in [0.2, 0.25) is 0 Å². The van der Waals surface area contributed by atoms with Crippen LogP contribution in [0.5, 0.6) is 5.75 Å². The van der Waals surface area contributed by atoms with Gasteiger partial charge in [-0.3, -0.25) is 9.59 Å². The number of Topliss-reactive ketones (excluding diaryl/α,β-unsaturated/α-hetero) is 2. The lowest BCUT2D eigenvalue weighted by atomic mass is 9.86. The van der Waals surface area contributed by atoms with Gasteiger partial charge in [-0.15, -0.1) is 0 Å². The van der Waals surface area contributed by atoms with Crippen LogP contribution in [0.1, 0.15) is 54.7 Å². The first-order valence-corrected chi connectivity index (χ1v) is 11.0. The molecule has 0 fully saturated rings. The van der Waals surface area contributed by atoms with E-state index in [1.807, 2.05) is 52.0 Å². The van der Waals surface area contributed by atoms with E-state index >= 15 is 0 Å². The standard InChI is InChI=1S/C27H30O5/c1-6-21-8-7-20(13-24(21)19(5)28)11-16(2)18(4)25(29)15-31-22-9-10-23-17(3)12-27(30)32-26(23)14-22/h7-10,12-14,16,18H,6,11,15H2,1-5H3/t16-,18?/m1/s1. The summed E-state index contributed by atoms with van der Waals surface area (Å²) in [6.07, 6.45) is 1.52. The zero-order valence-corrected chi connectivity index (χ0v) is 19.4. The molecule has 5 heteroatoms. The predicted octanol–water partition coefficient (Wildman–Crippen LogP) is 5.33. The number of ether oxygens (including phenoxy) is 1. The molecule has 1 aromatic heterocycles. The first-order chi connectivity index (χ1) is 15.2. The summed E-state index contributed by atoms with van der Waals surface area (Å²) in [5, 5.41) is 0.837. The Morgan fingerprint density at radius 2 is 1.81 bits per heavy atom. The van der Waals surface area contributed by atoms with E-state index < -0.39 is 5.63 Å². The molecular weight excluding hydrogens is 404 g/mol. The number of benzene rings is 2. The van der Waals surface area contributed by atoms with Gasteiger partial charge in [0.2, 0.25) is 0 Å². The number of hydrogen-bond acceptors (Lipinski definition) is 5. The van der Waals surface area contributed by atoms with Crippen LogP contribution in [0, 0.1) is 18.8 Å². The van der Waals surface area contributed by atoms with Gasteiger partial charge in [-0.1, -0.05) is 32.9 Å². The normalized spacial score (nSPS) is 13.0. The van der Waals surface area contributed by atoms with Crippen molar-refractivity contribution in [2.75, 3.05) is 6.61 Å². The van der Waals surface area contributed by atoms with Crippen LogP contribution in [0.25, 0.3) is 11.0 Å². The fraction of sp³-hybridized carbons (Fsp3) is 0.370. The molecule has 0 saturated heterocycles. The number of hydrogen-bond donors (Lipinski definition) is 0. The summed E-state index contributed by atoms with van der Waals surface area (Å²) in [4.78, 5) is 36.3. The van der Waals surface area contributed by atoms with Gasteiger partial charge < -0.3 is 9.15 Å². The van der Waals surface area contributed by atoms with Gasteiger partial charge in [0.05, 0.1) is 0 Å². The second-order valence-electron chi connectivity index (χ2n) is 8.53. The van der Waals surface area contributed by atoms with Crippen LogP contribution in [-0.2, 0) is 17.6 Å². The Balaban J connectivity index is 1.64. The molecule has 3 rings (SSSR count). The van der Waals surface area contributed by atoms with E-state index in [2.05, 4.69) is 0 Å². The molecule has 2 aromatic carbocycles. The fourth-order valence-electron chi connectivity index (χ4n) is 3.93. The predicted molar refractivity (Wildman–Crippen MR) is 126 cm³/mol. The van der Waals surface area contributed by atoms with E-state index in [0.717, 1.165) is 34.1 Å². The molecule has 5 nitrogen and oxygen atoms in total. The monoisotopic (exact) mass is 434 g/mol. The van der Waals surface area contributed by atoms with E-state index in [9.17, 15) is 14.4 Å². The van der Waals surface area contributed by atoms with Gasteiger partial charge in [-0.2, -0.15) is 0 Å². The second-order valence-corrected chi connectivity index (χ2v) is 8.53. The third-order valence-corrected chi connectivity index (χ3v) is 6.16. The molecule has 0 aliphatic carbocycles. The summed E-state index contributed by atoms with van der Waals surface area (Å²) in [6.45, 7) is 9.37. The Morgan fingerprint density at radius 1 is 1.06 bits per heavy atom. The van der Waals surface area contributed by atoms with E-state index in [4.69, 9.17) is 9.15 Å². The lowest BCUT2D eigenvalue weighted by molar-refractivity contribution is -0.125. The molecule has 0 radical (unpaired) electrons. The van der Waals surface area contributed by atoms with Gasteiger partial charge in [0, 0.05) is 29.0 Å². The van der Waals surface area contributed by atoms with E-state index in [1.165, 1.54) is 6.07 Å². The molecule has 0 spiro atoms. The number of ketones is 2. The molecule has 2 atom stereocenters. The average Bonchev–Trinajstić information content (AvgIpc) is 2.76. The topological polar surface area (TPSA) is 73.6 Å². The first kappa shape index (κ1) is 23.5. The van der Waals surface area contributed by atoms with Gasteiger partial charge in [0.15, 0.2) is 11.6 Å². The quantitative estimate of drug-likeness (QED) is 0.336. The second kappa shape index (κ2) is 9.94. The van der Waals surface area contributed by atoms with Gasteiger partial charge in [0.25, 0.3) is 0 Å². The van der Waals surface area contributed by atoms with Gasteiger partial charge >= 0.3 is 5.63 Å². The van der Waals surface area contributed by atoms with E-state index in [1.54, 1.807) is 19.1 Å². The summed E-state index contributed by atoms with van der Waals surface area (Å²) in [5.74, 6) is 0.439. The largest absolute Gasteiger partial charge is 0.486 e. The molecule has 32 heavy (non-hydrogen) atoms. The van der Waals surface area contributed by atoms with Crippen LogP contribution in [-0.4, -0.2) is 18.2 Å². The third kappa shape index (κ3) is 5.34. The fourth-order valence-corrected chi connectivity index (χ4v) is 3.93. The molecule has 168 valence electrons. The van der Waals surface area contributed by atoms with Crippen molar-refractivity contribution in [3.8, 4) is 5.75 Å². The van der Waals surface area contributed by atoms with Crippen molar-refractivity contribution in [2.45, 2.75) is 47.5 Å². The highest BCUT2D eigenvalue weighted by Crippen LogP contribution is 2.24. The minimum atomic E-state index is -0.412. The van der Waals surface area contributed by atoms with Gasteiger partial charge in [0.1, 0.15) is 17.9 Å². The Bertz CT molecular complexity index is 1200. The summed E-state index contributed by atoms with van der Waals surface area (Å²) < 4.78 is 10.9. The smallest absolute Gasteiger partial charge is 0.336 e. The summed E-state index contributed by atoms with van der Waals surface area (Å²) in [6, 6.07) is 12.7. The maximum atomic E-state index is 12.7. The molecule has 0 bridgehead atoms. The van der Waals surface area contributed by atoms with E-state index in [-0.39, 0.29) is 30.0 Å². The summed E-state index contributed by atoms with van der Waals surface area (Å²) >= 11 is 0. The number of aryl methyl sites for hydroxylation is 2. The molecule has 0 amide bonds. The van der Waals surface area contributed by atoms with Crippen molar-refractivity contribution in [3.05, 3.63) is 75.1 Å². The van der Waals surface area contributed by atoms with Crippen LogP contribution in [0.3, 0.4) is 0 Å². The Labute approximate surface area is 188 Å². The third-order valence-electron chi connectivity index (χ3n) is 6.16. The maximum absolute atomic E-state index is 12.7. The minimum absolute atomic E-state index is 0.000242. The number of fused-ring (bicyclic) bond motifs is 1. The van der Waals surface area contributed by atoms with Crippen molar-refractivity contribution in [2.24, 2.45) is 11.8 Å². The van der Waals surface area contributed by atoms with Gasteiger partial charge in [-0.25, -0.2) is 4.79 Å². The lowest BCUT2D eigenvalue weighted by Crippen LogP contribution is -2.25. The van der Waals surface area contributed by atoms with Crippen LogP contribution in [0.15, 0.2) is 51.7 Å². The minimum Gasteiger partial charge on any atom is -0.486 e. The molecular formula is C27H30O5. The first-order valence-electron chi connectivity index (χ1n) is 11.0. The van der Waals surface area contributed by atoms with Crippen molar-refractivity contribution in [3.63, 3.8) is 0 Å². The SMILES string of the molecule is CCc1ccc(C[C@@H](C)C(C)C(=O)COc2ccc3c(C)cc(=O)oc3c2)cc1C(C)=O. The van der Waals surface area contributed by atoms with Crippen LogP contribution in [0.4, 0.5) is 0 Å². The van der Waals surface area contributed by atoms with Gasteiger partial charge in [-0.05, 0) is 67.5 Å². The van der Waals surface area contributed by atoms with Crippen molar-refractivity contribution in [1.29, 1.82) is 0 Å². The lowest BCUT2D eigenvalue weighted by Gasteiger charge is -2.20. The highest BCUT2D eigenvalue weighted by Gasteiger charge is 2.22. The van der Waals surface area contributed by atoms with Crippen LogP contribution >= 0.6 is 0 Å². The van der Waals surface area contributed by atoms with E-state index in [0.29, 0.717) is 17.8 Å². The summed E-state index contributed by atoms with van der Waals surface area (Å²) in [5.41, 5.74) is 3.73. The molecule has 0 N–H and O–H groups in total. The zero-order valence-electron chi connectivity index (χ0n) is 19.4.